The van der Waals surface area contributed by atoms with Crippen molar-refractivity contribution in [3.63, 3.8) is 0 Å². The molecule has 1 aromatic heterocycles. The minimum Gasteiger partial charge on any atom is -0.323 e. The summed E-state index contributed by atoms with van der Waals surface area (Å²) < 4.78 is 14.3. The average molecular weight is 249 g/mol. The molecule has 0 saturated heterocycles. The Labute approximate surface area is 101 Å². The molecule has 0 aliphatic carbocycles. The van der Waals surface area contributed by atoms with Gasteiger partial charge in [0.05, 0.1) is 4.92 Å². The van der Waals surface area contributed by atoms with Crippen LogP contribution in [0.3, 0.4) is 0 Å². The second-order valence-corrected chi connectivity index (χ2v) is 3.46. The summed E-state index contributed by atoms with van der Waals surface area (Å²) in [6.45, 7) is 0. The van der Waals surface area contributed by atoms with Gasteiger partial charge in [-0.25, -0.2) is 4.39 Å². The van der Waals surface area contributed by atoms with Crippen LogP contribution < -0.4 is 5.32 Å². The van der Waals surface area contributed by atoms with Crippen LogP contribution in [0.15, 0.2) is 36.7 Å². The minimum atomic E-state index is -0.605. The van der Waals surface area contributed by atoms with Gasteiger partial charge in [0.1, 0.15) is 11.5 Å². The van der Waals surface area contributed by atoms with Gasteiger partial charge in [0.2, 0.25) is 6.41 Å². The van der Waals surface area contributed by atoms with E-state index in [2.05, 4.69) is 5.32 Å². The quantitative estimate of drug-likeness (QED) is 0.512. The van der Waals surface area contributed by atoms with Crippen molar-refractivity contribution in [3.8, 4) is 5.69 Å². The van der Waals surface area contributed by atoms with E-state index in [1.165, 1.54) is 41.2 Å². The van der Waals surface area contributed by atoms with E-state index in [0.29, 0.717) is 12.1 Å². The van der Waals surface area contributed by atoms with Crippen LogP contribution in [0.2, 0.25) is 0 Å². The van der Waals surface area contributed by atoms with Gasteiger partial charge in [-0.05, 0) is 18.2 Å². The topological polar surface area (TPSA) is 77.2 Å². The molecular weight excluding hydrogens is 241 g/mol. The second-order valence-electron chi connectivity index (χ2n) is 3.46. The Morgan fingerprint density at radius 1 is 1.39 bits per heavy atom. The van der Waals surface area contributed by atoms with Crippen LogP contribution in [0.25, 0.3) is 5.69 Å². The largest absolute Gasteiger partial charge is 0.323 e. The summed E-state index contributed by atoms with van der Waals surface area (Å²) in [6.07, 6.45) is 3.05. The van der Waals surface area contributed by atoms with Crippen LogP contribution in [0.1, 0.15) is 0 Å². The highest BCUT2D eigenvalue weighted by Gasteiger charge is 2.14. The molecule has 6 nitrogen and oxygen atoms in total. The highest BCUT2D eigenvalue weighted by atomic mass is 19.1. The van der Waals surface area contributed by atoms with Crippen molar-refractivity contribution in [3.05, 3.63) is 52.6 Å². The van der Waals surface area contributed by atoms with E-state index >= 15 is 0 Å². The first-order valence-electron chi connectivity index (χ1n) is 4.94. The molecule has 7 heteroatoms. The van der Waals surface area contributed by atoms with E-state index in [9.17, 15) is 19.3 Å². The smallest absolute Gasteiger partial charge is 0.292 e. The predicted octanol–water partition coefficient (Wildman–Crippen LogP) is 2.09. The number of benzene rings is 1. The summed E-state index contributed by atoms with van der Waals surface area (Å²) in [4.78, 5) is 20.5. The number of hydrogen-bond donors (Lipinski definition) is 1. The van der Waals surface area contributed by atoms with Gasteiger partial charge in [0, 0.05) is 24.1 Å². The zero-order valence-corrected chi connectivity index (χ0v) is 9.04. The zero-order chi connectivity index (χ0) is 13.1. The van der Waals surface area contributed by atoms with Crippen LogP contribution in [-0.4, -0.2) is 15.9 Å². The fraction of sp³-hybridized carbons (Fsp3) is 0. The highest BCUT2D eigenvalue weighted by molar-refractivity contribution is 5.79. The molecule has 0 atom stereocenters. The molecule has 18 heavy (non-hydrogen) atoms. The van der Waals surface area contributed by atoms with Gasteiger partial charge in [-0.2, -0.15) is 0 Å². The number of nitrogens with zero attached hydrogens (tertiary/aromatic N) is 2. The molecule has 0 unspecified atom stereocenters. The number of hydrogen-bond acceptors (Lipinski definition) is 3. The molecule has 0 saturated carbocycles. The Bertz CT molecular complexity index is 609. The maximum Gasteiger partial charge on any atom is 0.292 e. The standard InChI is InChI=1S/C11H8FN3O3/c12-8-3-4-14(6-8)9-1-2-11(15(17)18)10(5-9)13-7-16/h1-7H,(H,13,16). The lowest BCUT2D eigenvalue weighted by molar-refractivity contribution is -0.383. The molecule has 2 aromatic rings. The summed E-state index contributed by atoms with van der Waals surface area (Å²) in [7, 11) is 0. The van der Waals surface area contributed by atoms with Crippen LogP contribution in [0.4, 0.5) is 15.8 Å². The summed E-state index contributed by atoms with van der Waals surface area (Å²) in [5.74, 6) is -0.418. The normalized spacial score (nSPS) is 10.1. The van der Waals surface area contributed by atoms with E-state index in [1.807, 2.05) is 0 Å². The average Bonchev–Trinajstić information content (AvgIpc) is 2.76. The number of nitro benzene ring substituents is 1. The first kappa shape index (κ1) is 11.8. The third-order valence-corrected chi connectivity index (χ3v) is 2.35. The number of carbonyl (C=O) groups is 1. The molecule has 1 amide bonds. The molecule has 1 N–H and O–H groups in total. The van der Waals surface area contributed by atoms with E-state index in [1.54, 1.807) is 0 Å². The monoisotopic (exact) mass is 249 g/mol. The number of rotatable bonds is 4. The molecule has 0 aliphatic heterocycles. The summed E-state index contributed by atoms with van der Waals surface area (Å²) in [5.41, 5.74) is 0.342. The number of halogens is 1. The van der Waals surface area contributed by atoms with Crippen LogP contribution in [-0.2, 0) is 4.79 Å². The van der Waals surface area contributed by atoms with Gasteiger partial charge < -0.3 is 9.88 Å². The molecule has 92 valence electrons. The first-order chi connectivity index (χ1) is 8.61. The van der Waals surface area contributed by atoms with Crippen molar-refractivity contribution < 1.29 is 14.1 Å². The van der Waals surface area contributed by atoms with E-state index < -0.39 is 10.7 Å². The Morgan fingerprint density at radius 3 is 2.72 bits per heavy atom. The lowest BCUT2D eigenvalue weighted by Crippen LogP contribution is -2.01. The number of anilines is 1. The summed E-state index contributed by atoms with van der Waals surface area (Å²) in [6, 6.07) is 5.37. The maximum absolute atomic E-state index is 12.9. The fourth-order valence-electron chi connectivity index (χ4n) is 1.55. The van der Waals surface area contributed by atoms with Gasteiger partial charge in [0.15, 0.2) is 0 Å². The van der Waals surface area contributed by atoms with Crippen molar-refractivity contribution >= 4 is 17.8 Å². The SMILES string of the molecule is O=CNc1cc(-n2ccc(F)c2)ccc1[N+](=O)[O-]. The number of nitrogens with one attached hydrogen (secondary N) is 1. The fourth-order valence-corrected chi connectivity index (χ4v) is 1.55. The van der Waals surface area contributed by atoms with Crippen molar-refractivity contribution in [1.29, 1.82) is 0 Å². The maximum atomic E-state index is 12.9. The van der Waals surface area contributed by atoms with Crippen molar-refractivity contribution in [2.24, 2.45) is 0 Å². The molecule has 0 aliphatic rings. The third kappa shape index (κ3) is 2.19. The van der Waals surface area contributed by atoms with E-state index in [0.717, 1.165) is 0 Å². The molecule has 0 radical (unpaired) electrons. The van der Waals surface area contributed by atoms with Gasteiger partial charge in [0.25, 0.3) is 5.69 Å². The molecule has 2 rings (SSSR count). The number of carbonyl (C=O) groups excluding carboxylic acids is 1. The summed E-state index contributed by atoms with van der Waals surface area (Å²) in [5, 5.41) is 13.0. The van der Waals surface area contributed by atoms with E-state index in [-0.39, 0.29) is 11.4 Å². The molecule has 1 heterocycles. The molecular formula is C11H8FN3O3. The lowest BCUT2D eigenvalue weighted by atomic mass is 10.2. The van der Waals surface area contributed by atoms with E-state index in [4.69, 9.17) is 0 Å². The van der Waals surface area contributed by atoms with Crippen LogP contribution in [0.5, 0.6) is 0 Å². The first-order valence-corrected chi connectivity index (χ1v) is 4.94. The third-order valence-electron chi connectivity index (χ3n) is 2.35. The Hall–Kier alpha value is -2.70. The predicted molar refractivity (Wildman–Crippen MR) is 62.1 cm³/mol. The second kappa shape index (κ2) is 4.66. The molecule has 0 bridgehead atoms. The van der Waals surface area contributed by atoms with Gasteiger partial charge in [-0.3, -0.25) is 14.9 Å². The number of amides is 1. The van der Waals surface area contributed by atoms with Gasteiger partial charge in [-0.1, -0.05) is 0 Å². The zero-order valence-electron chi connectivity index (χ0n) is 9.04. The highest BCUT2D eigenvalue weighted by Crippen LogP contribution is 2.26. The summed E-state index contributed by atoms with van der Waals surface area (Å²) >= 11 is 0. The van der Waals surface area contributed by atoms with Crippen LogP contribution in [0, 0.1) is 15.9 Å². The molecule has 0 fully saturated rings. The van der Waals surface area contributed by atoms with Crippen molar-refractivity contribution in [2.75, 3.05) is 5.32 Å². The van der Waals surface area contributed by atoms with Crippen molar-refractivity contribution in [2.45, 2.75) is 0 Å². The Kier molecular flexibility index (Phi) is 3.05. The lowest BCUT2D eigenvalue weighted by Gasteiger charge is -2.06. The Balaban J connectivity index is 2.48. The van der Waals surface area contributed by atoms with Gasteiger partial charge in [-0.15, -0.1) is 0 Å². The number of aromatic nitrogens is 1. The van der Waals surface area contributed by atoms with Gasteiger partial charge >= 0.3 is 0 Å². The molecule has 1 aromatic carbocycles. The Morgan fingerprint density at radius 2 is 2.17 bits per heavy atom. The van der Waals surface area contributed by atoms with Crippen molar-refractivity contribution in [1.82, 2.24) is 4.57 Å². The van der Waals surface area contributed by atoms with Crippen LogP contribution >= 0.6 is 0 Å². The number of nitro groups is 1. The minimum absolute atomic E-state index is 0.0570. The molecule has 0 spiro atoms.